The number of aliphatic hydroxyl groups excluding tert-OH is 3. The minimum Gasteiger partial charge on any atom is -0.393 e. The highest BCUT2D eigenvalue weighted by molar-refractivity contribution is 5.78. The molecule has 2 rings (SSSR count). The first-order chi connectivity index (χ1) is 14.5. The van der Waals surface area contributed by atoms with Crippen LogP contribution in [0.25, 0.3) is 0 Å². The molecule has 1 aliphatic carbocycles. The lowest BCUT2D eigenvalue weighted by molar-refractivity contribution is -0.119. The molecule has 0 aliphatic heterocycles. The van der Waals surface area contributed by atoms with E-state index in [9.17, 15) is 20.1 Å². The fraction of sp³-hybridized carbons (Fsp3) is 0.577. The zero-order valence-electron chi connectivity index (χ0n) is 18.2. The molecule has 0 saturated heterocycles. The molecule has 5 atom stereocenters. The van der Waals surface area contributed by atoms with Gasteiger partial charge in [-0.3, -0.25) is 4.79 Å². The maximum atomic E-state index is 11.5. The lowest BCUT2D eigenvalue weighted by atomic mass is 9.89. The lowest BCUT2D eigenvalue weighted by Crippen LogP contribution is -2.20. The van der Waals surface area contributed by atoms with E-state index in [-0.39, 0.29) is 11.8 Å². The van der Waals surface area contributed by atoms with Gasteiger partial charge in [0.2, 0.25) is 0 Å². The smallest absolute Gasteiger partial charge is 0.132 e. The minimum atomic E-state index is -0.581. The maximum absolute atomic E-state index is 11.5. The summed E-state index contributed by atoms with van der Waals surface area (Å²) >= 11 is 0. The van der Waals surface area contributed by atoms with Crippen LogP contribution in [0, 0.1) is 11.8 Å². The van der Waals surface area contributed by atoms with Gasteiger partial charge in [-0.05, 0) is 50.0 Å². The first-order valence-corrected chi connectivity index (χ1v) is 11.4. The Bertz CT molecular complexity index is 667. The van der Waals surface area contributed by atoms with Gasteiger partial charge in [0, 0.05) is 25.2 Å². The molecule has 0 spiro atoms. The SMILES string of the molecule is CCCC(=O)CCC/C=C\C[C@@H]1[C@@H](/C=C/C(O)CCc2ccccc2)[C@H](O)C[C@@H]1O. The van der Waals surface area contributed by atoms with Crippen molar-refractivity contribution < 1.29 is 20.1 Å². The average Bonchev–Trinajstić information content (AvgIpc) is 3.00. The van der Waals surface area contributed by atoms with Crippen LogP contribution in [0.2, 0.25) is 0 Å². The fourth-order valence-corrected chi connectivity index (χ4v) is 4.21. The first-order valence-electron chi connectivity index (χ1n) is 11.4. The van der Waals surface area contributed by atoms with Crippen LogP contribution in [0.15, 0.2) is 54.6 Å². The standard InChI is InChI=1S/C26H38O4/c1-2-10-21(27)13-8-3-4-9-14-23-24(26(30)19-25(23)29)18-17-22(28)16-15-20-11-6-5-7-12-20/h4-7,9,11-12,17-18,22-26,28-30H,2-3,8,10,13-16,19H2,1H3/b9-4-,18-17+/t22?,23-,24-,25+,26-/m1/s1. The number of rotatable bonds is 13. The Kier molecular flexibility index (Phi) is 11.1. The predicted octanol–water partition coefficient (Wildman–Crippen LogP) is 4.38. The van der Waals surface area contributed by atoms with Gasteiger partial charge in [0.25, 0.3) is 0 Å². The summed E-state index contributed by atoms with van der Waals surface area (Å²) < 4.78 is 0. The molecule has 1 aliphatic rings. The Morgan fingerprint density at radius 3 is 2.63 bits per heavy atom. The Balaban J connectivity index is 1.78. The Hall–Kier alpha value is -1.75. The molecule has 1 aromatic carbocycles. The molecule has 0 aromatic heterocycles. The van der Waals surface area contributed by atoms with Gasteiger partial charge in [-0.25, -0.2) is 0 Å². The van der Waals surface area contributed by atoms with Crippen LogP contribution >= 0.6 is 0 Å². The van der Waals surface area contributed by atoms with E-state index in [1.165, 1.54) is 5.56 Å². The van der Waals surface area contributed by atoms with Crippen molar-refractivity contribution in [1.82, 2.24) is 0 Å². The molecule has 0 bridgehead atoms. The molecule has 1 saturated carbocycles. The van der Waals surface area contributed by atoms with Crippen LogP contribution in [0.4, 0.5) is 0 Å². The van der Waals surface area contributed by atoms with Crippen molar-refractivity contribution in [2.24, 2.45) is 11.8 Å². The summed E-state index contributed by atoms with van der Waals surface area (Å²) in [7, 11) is 0. The number of aryl methyl sites for hydroxylation is 1. The topological polar surface area (TPSA) is 77.8 Å². The van der Waals surface area contributed by atoms with Gasteiger partial charge in [0.15, 0.2) is 0 Å². The van der Waals surface area contributed by atoms with Gasteiger partial charge in [-0.1, -0.05) is 61.6 Å². The number of carbonyl (C=O) groups is 1. The van der Waals surface area contributed by atoms with Crippen molar-refractivity contribution in [2.75, 3.05) is 0 Å². The van der Waals surface area contributed by atoms with Crippen LogP contribution in [0.5, 0.6) is 0 Å². The molecule has 1 fully saturated rings. The quantitative estimate of drug-likeness (QED) is 0.331. The van der Waals surface area contributed by atoms with Crippen molar-refractivity contribution in [3.63, 3.8) is 0 Å². The molecule has 1 aromatic rings. The number of hydrogen-bond acceptors (Lipinski definition) is 4. The number of hydrogen-bond donors (Lipinski definition) is 3. The van der Waals surface area contributed by atoms with E-state index in [1.807, 2.05) is 31.2 Å². The molecule has 1 unspecified atom stereocenters. The van der Waals surface area contributed by atoms with Gasteiger partial charge in [0.1, 0.15) is 5.78 Å². The molecule has 4 heteroatoms. The zero-order valence-corrected chi connectivity index (χ0v) is 18.2. The average molecular weight is 415 g/mol. The van der Waals surface area contributed by atoms with Gasteiger partial charge in [-0.15, -0.1) is 0 Å². The van der Waals surface area contributed by atoms with E-state index in [2.05, 4.69) is 24.3 Å². The van der Waals surface area contributed by atoms with Crippen LogP contribution in [0.3, 0.4) is 0 Å². The summed E-state index contributed by atoms with van der Waals surface area (Å²) in [5.74, 6) is 0.133. The van der Waals surface area contributed by atoms with Crippen molar-refractivity contribution in [3.8, 4) is 0 Å². The molecule has 0 radical (unpaired) electrons. The van der Waals surface area contributed by atoms with Crippen LogP contribution in [-0.4, -0.2) is 39.4 Å². The normalized spacial score (nSPS) is 25.3. The number of benzene rings is 1. The van der Waals surface area contributed by atoms with E-state index < -0.39 is 18.3 Å². The summed E-state index contributed by atoms with van der Waals surface area (Å²) in [5.41, 5.74) is 1.20. The molecule has 30 heavy (non-hydrogen) atoms. The third-order valence-corrected chi connectivity index (χ3v) is 5.97. The van der Waals surface area contributed by atoms with E-state index in [0.717, 1.165) is 25.7 Å². The second-order valence-corrected chi connectivity index (χ2v) is 8.48. The third-order valence-electron chi connectivity index (χ3n) is 5.97. The van der Waals surface area contributed by atoms with Crippen molar-refractivity contribution in [1.29, 1.82) is 0 Å². The Morgan fingerprint density at radius 1 is 1.13 bits per heavy atom. The number of aliphatic hydroxyl groups is 3. The second kappa shape index (κ2) is 13.5. The van der Waals surface area contributed by atoms with Gasteiger partial charge in [-0.2, -0.15) is 0 Å². The zero-order chi connectivity index (χ0) is 21.8. The number of carbonyl (C=O) groups excluding carboxylic acids is 1. The fourth-order valence-electron chi connectivity index (χ4n) is 4.21. The van der Waals surface area contributed by atoms with Crippen LogP contribution in [0.1, 0.15) is 63.9 Å². The van der Waals surface area contributed by atoms with E-state index >= 15 is 0 Å². The molecular formula is C26H38O4. The predicted molar refractivity (Wildman–Crippen MR) is 121 cm³/mol. The number of allylic oxidation sites excluding steroid dienone is 2. The molecule has 0 amide bonds. The van der Waals surface area contributed by atoms with Gasteiger partial charge < -0.3 is 15.3 Å². The van der Waals surface area contributed by atoms with E-state index in [0.29, 0.717) is 37.9 Å². The number of unbranched alkanes of at least 4 members (excludes halogenated alkanes) is 1. The highest BCUT2D eigenvalue weighted by atomic mass is 16.3. The summed E-state index contributed by atoms with van der Waals surface area (Å²) in [4.78, 5) is 11.5. The molecule has 4 nitrogen and oxygen atoms in total. The van der Waals surface area contributed by atoms with Crippen molar-refractivity contribution in [3.05, 3.63) is 60.2 Å². The molecule has 0 heterocycles. The molecule has 166 valence electrons. The summed E-state index contributed by atoms with van der Waals surface area (Å²) in [5, 5.41) is 31.0. The highest BCUT2D eigenvalue weighted by Gasteiger charge is 2.39. The van der Waals surface area contributed by atoms with E-state index in [4.69, 9.17) is 0 Å². The van der Waals surface area contributed by atoms with Crippen molar-refractivity contribution in [2.45, 2.75) is 83.0 Å². The van der Waals surface area contributed by atoms with E-state index in [1.54, 1.807) is 6.08 Å². The van der Waals surface area contributed by atoms with Gasteiger partial charge >= 0.3 is 0 Å². The summed E-state index contributed by atoms with van der Waals surface area (Å²) in [6.45, 7) is 2.02. The van der Waals surface area contributed by atoms with Crippen molar-refractivity contribution >= 4 is 5.78 Å². The molecular weight excluding hydrogens is 376 g/mol. The number of Topliss-reactive ketones (excluding diaryl/α,β-unsaturated/α-hetero) is 1. The maximum Gasteiger partial charge on any atom is 0.132 e. The summed E-state index contributed by atoms with van der Waals surface area (Å²) in [6, 6.07) is 10.1. The Labute approximate surface area is 181 Å². The Morgan fingerprint density at radius 2 is 1.90 bits per heavy atom. The molecule has 3 N–H and O–H groups in total. The van der Waals surface area contributed by atoms with Gasteiger partial charge in [0.05, 0.1) is 18.3 Å². The first kappa shape index (κ1) is 24.5. The minimum absolute atomic E-state index is 0.0458. The lowest BCUT2D eigenvalue weighted by Gasteiger charge is -2.19. The highest BCUT2D eigenvalue weighted by Crippen LogP contribution is 2.36. The van der Waals surface area contributed by atoms with Crippen LogP contribution < -0.4 is 0 Å². The second-order valence-electron chi connectivity index (χ2n) is 8.48. The third kappa shape index (κ3) is 8.55. The largest absolute Gasteiger partial charge is 0.393 e. The monoisotopic (exact) mass is 414 g/mol. The summed E-state index contributed by atoms with van der Waals surface area (Å²) in [6.07, 6.45) is 12.5. The van der Waals surface area contributed by atoms with Crippen LogP contribution in [-0.2, 0) is 11.2 Å². The number of ketones is 1.